The molecule has 0 saturated carbocycles. The van der Waals surface area contributed by atoms with E-state index in [9.17, 15) is 9.59 Å². The summed E-state index contributed by atoms with van der Waals surface area (Å²) >= 11 is 0. The number of primary amides is 1. The van der Waals surface area contributed by atoms with E-state index in [2.05, 4.69) is 25.3 Å². The van der Waals surface area contributed by atoms with Gasteiger partial charge in [0.2, 0.25) is 5.91 Å². The molecule has 8 nitrogen and oxygen atoms in total. The van der Waals surface area contributed by atoms with Gasteiger partial charge in [0.05, 0.1) is 6.33 Å². The molecule has 3 rings (SSSR count). The van der Waals surface area contributed by atoms with Gasteiger partial charge in [-0.05, 0) is 18.7 Å². The molecule has 0 atom stereocenters. The fourth-order valence-corrected chi connectivity index (χ4v) is 2.38. The first-order valence-electron chi connectivity index (χ1n) is 6.62. The van der Waals surface area contributed by atoms with Crippen LogP contribution < -0.4 is 16.6 Å². The Balaban J connectivity index is 2.27. The fraction of sp³-hybridized carbons (Fsp3) is 0.143. The number of H-pyrrole nitrogens is 2. The first-order valence-corrected chi connectivity index (χ1v) is 6.62. The predicted octanol–water partition coefficient (Wildman–Crippen LogP) is 0.131. The monoisotopic (exact) mass is 298 g/mol. The van der Waals surface area contributed by atoms with E-state index in [1.54, 1.807) is 25.2 Å². The van der Waals surface area contributed by atoms with Crippen molar-refractivity contribution in [1.82, 2.24) is 25.3 Å². The Bertz CT molecular complexity index is 911. The molecule has 0 saturated heterocycles. The van der Waals surface area contributed by atoms with Gasteiger partial charge in [0.15, 0.2) is 11.2 Å². The van der Waals surface area contributed by atoms with Gasteiger partial charge in [0.1, 0.15) is 5.82 Å². The number of aromatic nitrogens is 4. The highest BCUT2D eigenvalue weighted by molar-refractivity contribution is 5.96. The summed E-state index contributed by atoms with van der Waals surface area (Å²) in [5, 5.41) is 2.99. The average Bonchev–Trinajstić information content (AvgIpc) is 2.96. The SMILES string of the molecule is CNCc1c(C(N)=O)cccc1-c1nc2nc[nH]c2c(=O)[nH]1. The third-order valence-electron chi connectivity index (χ3n) is 3.35. The van der Waals surface area contributed by atoms with Crippen molar-refractivity contribution in [1.29, 1.82) is 0 Å². The van der Waals surface area contributed by atoms with Crippen LogP contribution in [0.4, 0.5) is 0 Å². The third kappa shape index (κ3) is 2.25. The topological polar surface area (TPSA) is 130 Å². The Morgan fingerprint density at radius 3 is 2.95 bits per heavy atom. The van der Waals surface area contributed by atoms with Gasteiger partial charge in [-0.3, -0.25) is 9.59 Å². The molecule has 5 N–H and O–H groups in total. The Kier molecular flexibility index (Phi) is 3.43. The number of hydrogen-bond donors (Lipinski definition) is 4. The third-order valence-corrected chi connectivity index (χ3v) is 3.35. The zero-order valence-corrected chi connectivity index (χ0v) is 11.8. The normalized spacial score (nSPS) is 11.0. The van der Waals surface area contributed by atoms with Crippen LogP contribution in [0.2, 0.25) is 0 Å². The maximum Gasteiger partial charge on any atom is 0.277 e. The molecule has 0 fully saturated rings. The van der Waals surface area contributed by atoms with E-state index in [4.69, 9.17) is 5.73 Å². The molecular formula is C14H14N6O2. The number of nitrogens with two attached hydrogens (primary N) is 1. The van der Waals surface area contributed by atoms with E-state index in [-0.39, 0.29) is 5.56 Å². The second-order valence-electron chi connectivity index (χ2n) is 4.74. The van der Waals surface area contributed by atoms with Crippen LogP contribution in [0.3, 0.4) is 0 Å². The van der Waals surface area contributed by atoms with Gasteiger partial charge in [0.25, 0.3) is 5.56 Å². The number of nitrogens with zero attached hydrogens (tertiary/aromatic N) is 2. The van der Waals surface area contributed by atoms with E-state index in [0.29, 0.717) is 40.2 Å². The van der Waals surface area contributed by atoms with Gasteiger partial charge < -0.3 is 21.0 Å². The van der Waals surface area contributed by atoms with Crippen molar-refractivity contribution in [3.05, 3.63) is 46.0 Å². The number of aromatic amines is 2. The molecule has 0 spiro atoms. The van der Waals surface area contributed by atoms with Crippen LogP contribution in [0, 0.1) is 0 Å². The molecule has 0 aliphatic heterocycles. The molecule has 112 valence electrons. The summed E-state index contributed by atoms with van der Waals surface area (Å²) in [5.41, 5.74) is 7.42. The molecular weight excluding hydrogens is 284 g/mol. The predicted molar refractivity (Wildman–Crippen MR) is 81.2 cm³/mol. The molecule has 22 heavy (non-hydrogen) atoms. The Hall–Kier alpha value is -3.00. The Labute approximate surface area is 124 Å². The number of benzene rings is 1. The van der Waals surface area contributed by atoms with Crippen LogP contribution in [0.1, 0.15) is 15.9 Å². The van der Waals surface area contributed by atoms with Gasteiger partial charge in [0, 0.05) is 17.7 Å². The van der Waals surface area contributed by atoms with E-state index >= 15 is 0 Å². The lowest BCUT2D eigenvalue weighted by molar-refractivity contribution is 0.0999. The highest BCUT2D eigenvalue weighted by Gasteiger charge is 2.16. The minimum atomic E-state index is -0.532. The highest BCUT2D eigenvalue weighted by atomic mass is 16.1. The van der Waals surface area contributed by atoms with Gasteiger partial charge in [-0.15, -0.1) is 0 Å². The quantitative estimate of drug-likeness (QED) is 0.544. The first-order chi connectivity index (χ1) is 10.6. The number of amides is 1. The number of fused-ring (bicyclic) bond motifs is 1. The molecule has 1 amide bonds. The van der Waals surface area contributed by atoms with Crippen LogP contribution in [0.5, 0.6) is 0 Å². The molecule has 2 aromatic heterocycles. The van der Waals surface area contributed by atoms with Crippen LogP contribution in [0.15, 0.2) is 29.3 Å². The molecule has 0 aliphatic rings. The van der Waals surface area contributed by atoms with E-state index in [0.717, 1.165) is 0 Å². The second-order valence-corrected chi connectivity index (χ2v) is 4.74. The average molecular weight is 298 g/mol. The maximum absolute atomic E-state index is 12.0. The Morgan fingerprint density at radius 1 is 1.41 bits per heavy atom. The molecule has 1 aromatic carbocycles. The van der Waals surface area contributed by atoms with Crippen molar-refractivity contribution in [2.45, 2.75) is 6.54 Å². The number of carbonyl (C=O) groups excluding carboxylic acids is 1. The Morgan fingerprint density at radius 2 is 2.23 bits per heavy atom. The second kappa shape index (κ2) is 5.41. The maximum atomic E-state index is 12.0. The molecule has 8 heteroatoms. The lowest BCUT2D eigenvalue weighted by atomic mass is 9.99. The van der Waals surface area contributed by atoms with E-state index < -0.39 is 5.91 Å². The van der Waals surface area contributed by atoms with Crippen molar-refractivity contribution in [2.24, 2.45) is 5.73 Å². The molecule has 0 aliphatic carbocycles. The largest absolute Gasteiger partial charge is 0.366 e. The van der Waals surface area contributed by atoms with Gasteiger partial charge in [-0.2, -0.15) is 0 Å². The molecule has 0 bridgehead atoms. The summed E-state index contributed by atoms with van der Waals surface area (Å²) in [6.45, 7) is 0.413. The summed E-state index contributed by atoms with van der Waals surface area (Å²) < 4.78 is 0. The molecule has 0 unspecified atom stereocenters. The number of hydrogen-bond acceptors (Lipinski definition) is 5. The number of carbonyl (C=O) groups is 1. The standard InChI is InChI=1S/C14H14N6O2/c1-16-5-9-7(11(15)21)3-2-4-8(9)12-19-13-10(14(22)20-12)17-6-18-13/h2-4,6,16H,5H2,1H3,(H2,15,21)(H2,17,18,19,20,22). The summed E-state index contributed by atoms with van der Waals surface area (Å²) in [6, 6.07) is 5.11. The number of imidazole rings is 1. The summed E-state index contributed by atoms with van der Waals surface area (Å²) in [4.78, 5) is 37.4. The zero-order chi connectivity index (χ0) is 15.7. The first kappa shape index (κ1) is 14.0. The fourth-order valence-electron chi connectivity index (χ4n) is 2.38. The summed E-state index contributed by atoms with van der Waals surface area (Å²) in [6.07, 6.45) is 1.41. The lowest BCUT2D eigenvalue weighted by Gasteiger charge is -2.12. The minimum absolute atomic E-state index is 0.310. The molecule has 3 aromatic rings. The zero-order valence-electron chi connectivity index (χ0n) is 11.8. The minimum Gasteiger partial charge on any atom is -0.366 e. The van der Waals surface area contributed by atoms with Crippen molar-refractivity contribution >= 4 is 17.1 Å². The van der Waals surface area contributed by atoms with Crippen molar-refractivity contribution in [2.75, 3.05) is 7.05 Å². The van der Waals surface area contributed by atoms with Crippen molar-refractivity contribution in [3.63, 3.8) is 0 Å². The number of nitrogens with one attached hydrogen (secondary N) is 3. The highest BCUT2D eigenvalue weighted by Crippen LogP contribution is 2.23. The van der Waals surface area contributed by atoms with Crippen molar-refractivity contribution in [3.8, 4) is 11.4 Å². The smallest absolute Gasteiger partial charge is 0.277 e. The van der Waals surface area contributed by atoms with E-state index in [1.807, 2.05) is 0 Å². The summed E-state index contributed by atoms with van der Waals surface area (Å²) in [5.74, 6) is -0.187. The molecule has 0 radical (unpaired) electrons. The van der Waals surface area contributed by atoms with Gasteiger partial charge in [-0.1, -0.05) is 12.1 Å². The van der Waals surface area contributed by atoms with Gasteiger partial charge in [-0.25, -0.2) is 9.97 Å². The van der Waals surface area contributed by atoms with Crippen LogP contribution in [0.25, 0.3) is 22.6 Å². The van der Waals surface area contributed by atoms with E-state index in [1.165, 1.54) is 6.33 Å². The number of rotatable bonds is 4. The van der Waals surface area contributed by atoms with Crippen LogP contribution >= 0.6 is 0 Å². The van der Waals surface area contributed by atoms with Gasteiger partial charge >= 0.3 is 0 Å². The lowest BCUT2D eigenvalue weighted by Crippen LogP contribution is -2.19. The van der Waals surface area contributed by atoms with Crippen LogP contribution in [-0.2, 0) is 6.54 Å². The summed E-state index contributed by atoms with van der Waals surface area (Å²) in [7, 11) is 1.76. The molecule has 2 heterocycles. The van der Waals surface area contributed by atoms with Crippen molar-refractivity contribution < 1.29 is 4.79 Å². The van der Waals surface area contributed by atoms with Crippen LogP contribution in [-0.4, -0.2) is 32.9 Å².